The van der Waals surface area contributed by atoms with Crippen molar-refractivity contribution >= 4 is 44.6 Å². The highest BCUT2D eigenvalue weighted by Crippen LogP contribution is 2.50. The van der Waals surface area contributed by atoms with E-state index in [0.717, 1.165) is 34.0 Å². The largest absolute Gasteiger partial charge is 0.457 e. The van der Waals surface area contributed by atoms with Gasteiger partial charge in [-0.05, 0) is 116 Å². The zero-order valence-electron chi connectivity index (χ0n) is 44.1. The Hall–Kier alpha value is -7.11. The smallest absolute Gasteiger partial charge is 0.137 e. The third-order valence-corrected chi connectivity index (χ3v) is 15.1. The minimum Gasteiger partial charge on any atom is -0.457 e. The van der Waals surface area contributed by atoms with Crippen LogP contribution in [0.1, 0.15) is 129 Å². The summed E-state index contributed by atoms with van der Waals surface area (Å²) in [6.07, 6.45) is 1.95. The van der Waals surface area contributed by atoms with E-state index in [9.17, 15) is 0 Å². The molecule has 0 saturated carbocycles. The number of pyridine rings is 1. The van der Waals surface area contributed by atoms with Gasteiger partial charge in [0.1, 0.15) is 24.0 Å². The lowest BCUT2D eigenvalue weighted by Gasteiger charge is -2.29. The molecule has 0 aliphatic carbocycles. The molecule has 0 amide bonds. The van der Waals surface area contributed by atoms with Crippen LogP contribution in [0.5, 0.6) is 11.5 Å². The van der Waals surface area contributed by atoms with Crippen molar-refractivity contribution in [3.63, 3.8) is 0 Å². The van der Waals surface area contributed by atoms with Gasteiger partial charge in [0.15, 0.2) is 0 Å². The molecular formula is C66H70N4O. The highest BCUT2D eigenvalue weighted by atomic mass is 16.5. The zero-order valence-corrected chi connectivity index (χ0v) is 44.1. The minimum atomic E-state index is -0.380. The van der Waals surface area contributed by atoms with Crippen molar-refractivity contribution in [3.05, 3.63) is 215 Å². The summed E-state index contributed by atoms with van der Waals surface area (Å²) in [5.41, 5.74) is 14.8. The summed E-state index contributed by atoms with van der Waals surface area (Å²) in [5, 5.41) is 2.39. The summed E-state index contributed by atoms with van der Waals surface area (Å²) >= 11 is 0. The number of hydrogen-bond donors (Lipinski definition) is 0. The quantitative estimate of drug-likeness (QED) is 0.144. The average Bonchev–Trinajstić information content (AvgIpc) is 3.89. The van der Waals surface area contributed by atoms with Crippen LogP contribution in [0.25, 0.3) is 27.6 Å². The Morgan fingerprint density at radius 2 is 0.986 bits per heavy atom. The van der Waals surface area contributed by atoms with Crippen molar-refractivity contribution in [3.8, 4) is 17.3 Å². The topological polar surface area (TPSA) is 33.5 Å². The summed E-state index contributed by atoms with van der Waals surface area (Å²) in [5.74, 6) is 2.46. The van der Waals surface area contributed by atoms with Crippen molar-refractivity contribution < 1.29 is 4.74 Å². The fourth-order valence-electron chi connectivity index (χ4n) is 10.5. The number of hydrogen-bond acceptors (Lipinski definition) is 4. The monoisotopic (exact) mass is 935 g/mol. The van der Waals surface area contributed by atoms with Crippen molar-refractivity contribution in [1.29, 1.82) is 0 Å². The maximum absolute atomic E-state index is 7.34. The molecule has 5 nitrogen and oxygen atoms in total. The number of ether oxygens (including phenoxy) is 1. The van der Waals surface area contributed by atoms with Crippen molar-refractivity contribution in [1.82, 2.24) is 9.55 Å². The SMILES string of the molecule is CC(C)(C)c1cc(Oc2cc(C(C)(C)c3ccccc3)c3c4ccccc4n(-c4cc(C(C)(C)C)ccn4)c3c2)cc(N2CN(c3cccc(C(C)(C)c4ccccc4)c3)c3cc(C(C)(C)C)ccc32)c1. The second-order valence-electron chi connectivity index (χ2n) is 23.9. The molecule has 7 aromatic carbocycles. The van der Waals surface area contributed by atoms with Gasteiger partial charge in [0, 0.05) is 51.3 Å². The summed E-state index contributed by atoms with van der Waals surface area (Å²) in [6.45, 7) is 30.5. The molecule has 10 rings (SSSR count). The molecule has 3 heterocycles. The van der Waals surface area contributed by atoms with Gasteiger partial charge in [-0.1, -0.05) is 187 Å². The molecule has 5 heteroatoms. The van der Waals surface area contributed by atoms with Gasteiger partial charge in [-0.25, -0.2) is 4.98 Å². The second kappa shape index (κ2) is 17.3. The maximum atomic E-state index is 7.34. The van der Waals surface area contributed by atoms with Crippen molar-refractivity contribution in [2.45, 2.75) is 117 Å². The van der Waals surface area contributed by atoms with Crippen LogP contribution in [0, 0.1) is 0 Å². The maximum Gasteiger partial charge on any atom is 0.137 e. The van der Waals surface area contributed by atoms with Crippen molar-refractivity contribution in [2.75, 3.05) is 16.5 Å². The van der Waals surface area contributed by atoms with E-state index >= 15 is 0 Å². The van der Waals surface area contributed by atoms with E-state index in [0.29, 0.717) is 6.67 Å². The molecule has 71 heavy (non-hydrogen) atoms. The molecule has 0 radical (unpaired) electrons. The molecule has 1 aliphatic rings. The summed E-state index contributed by atoms with van der Waals surface area (Å²) < 4.78 is 9.68. The van der Waals surface area contributed by atoms with E-state index in [4.69, 9.17) is 9.72 Å². The van der Waals surface area contributed by atoms with Gasteiger partial charge >= 0.3 is 0 Å². The Morgan fingerprint density at radius 1 is 0.408 bits per heavy atom. The first-order chi connectivity index (χ1) is 33.6. The first-order valence-corrected chi connectivity index (χ1v) is 25.4. The predicted octanol–water partition coefficient (Wildman–Crippen LogP) is 17.8. The highest BCUT2D eigenvalue weighted by Gasteiger charge is 2.34. The molecule has 9 aromatic rings. The normalized spacial score (nSPS) is 13.6. The lowest BCUT2D eigenvalue weighted by Crippen LogP contribution is -2.25. The minimum absolute atomic E-state index is 0.0232. The molecule has 0 spiro atoms. The van der Waals surface area contributed by atoms with Crippen LogP contribution in [-0.4, -0.2) is 16.2 Å². The fraction of sp³-hybridized carbons (Fsp3) is 0.288. The van der Waals surface area contributed by atoms with Crippen LogP contribution < -0.4 is 14.5 Å². The molecular weight excluding hydrogens is 865 g/mol. The number of anilines is 4. The molecule has 0 N–H and O–H groups in total. The van der Waals surface area contributed by atoms with Gasteiger partial charge in [0.05, 0.1) is 22.4 Å². The summed E-state index contributed by atoms with van der Waals surface area (Å²) in [4.78, 5) is 10.0. The Kier molecular flexibility index (Phi) is 11.6. The molecule has 0 atom stereocenters. The molecule has 360 valence electrons. The second-order valence-corrected chi connectivity index (χ2v) is 23.9. The van der Waals surface area contributed by atoms with E-state index in [1.807, 2.05) is 6.20 Å². The zero-order chi connectivity index (χ0) is 50.3. The summed E-state index contributed by atoms with van der Waals surface area (Å²) in [6, 6.07) is 62.5. The van der Waals surface area contributed by atoms with Crippen LogP contribution >= 0.6 is 0 Å². The number of benzene rings is 7. The first-order valence-electron chi connectivity index (χ1n) is 25.4. The van der Waals surface area contributed by atoms with Crippen molar-refractivity contribution in [2.24, 2.45) is 0 Å². The molecule has 0 unspecified atom stereocenters. The van der Waals surface area contributed by atoms with Crippen LogP contribution in [0.4, 0.5) is 22.7 Å². The van der Waals surface area contributed by atoms with E-state index in [1.54, 1.807) is 0 Å². The standard InChI is InChI=1S/C66H70N4O/c1-62(2,3)46-31-32-57-58(38-46)68(50-28-22-27-48(35-50)65(10,11)44-23-16-14-17-24-44)43-69(57)51-36-49(64(7,8)9)37-52(40-51)71-53-41-55(66(12,13)45-25-18-15-19-26-45)61-54-29-20-21-30-56(54)70(59(61)42-53)60-39-47(33-34-67-60)63(4,5)6/h14-42H,43H2,1-13H3. The number of aromatic nitrogens is 2. The van der Waals surface area contributed by atoms with Crippen LogP contribution in [0.15, 0.2) is 176 Å². The van der Waals surface area contributed by atoms with Gasteiger partial charge < -0.3 is 14.5 Å². The molecule has 0 fully saturated rings. The first kappa shape index (κ1) is 47.6. The Bertz CT molecular complexity index is 3430. The molecule has 2 aromatic heterocycles. The van der Waals surface area contributed by atoms with E-state index in [2.05, 4.69) is 274 Å². The third-order valence-electron chi connectivity index (χ3n) is 15.1. The number of nitrogens with zero attached hydrogens (tertiary/aromatic N) is 4. The highest BCUT2D eigenvalue weighted by molar-refractivity contribution is 6.12. The van der Waals surface area contributed by atoms with E-state index in [-0.39, 0.29) is 27.1 Å². The molecule has 0 saturated heterocycles. The number of rotatable bonds is 9. The van der Waals surface area contributed by atoms with Gasteiger partial charge in [0.2, 0.25) is 0 Å². The van der Waals surface area contributed by atoms with E-state index in [1.165, 1.54) is 66.8 Å². The Labute approximate surface area is 422 Å². The van der Waals surface area contributed by atoms with Gasteiger partial charge in [-0.2, -0.15) is 0 Å². The van der Waals surface area contributed by atoms with Gasteiger partial charge in [0.25, 0.3) is 0 Å². The fourth-order valence-corrected chi connectivity index (χ4v) is 10.5. The number of para-hydroxylation sites is 1. The lowest BCUT2D eigenvalue weighted by molar-refractivity contribution is 0.477. The van der Waals surface area contributed by atoms with Gasteiger partial charge in [-0.15, -0.1) is 0 Å². The van der Waals surface area contributed by atoms with E-state index < -0.39 is 0 Å². The third kappa shape index (κ3) is 8.79. The lowest BCUT2D eigenvalue weighted by atomic mass is 9.76. The number of fused-ring (bicyclic) bond motifs is 4. The van der Waals surface area contributed by atoms with Gasteiger partial charge in [-0.3, -0.25) is 4.57 Å². The van der Waals surface area contributed by atoms with Crippen LogP contribution in [-0.2, 0) is 27.1 Å². The predicted molar refractivity (Wildman–Crippen MR) is 300 cm³/mol. The molecule has 0 bridgehead atoms. The van der Waals surface area contributed by atoms with Crippen LogP contribution in [0.3, 0.4) is 0 Å². The average molecular weight is 935 g/mol. The molecule has 1 aliphatic heterocycles. The van der Waals surface area contributed by atoms with Crippen LogP contribution in [0.2, 0.25) is 0 Å². The Morgan fingerprint density at radius 3 is 1.66 bits per heavy atom. The Balaban J connectivity index is 1.14. The summed E-state index contributed by atoms with van der Waals surface area (Å²) in [7, 11) is 0.